The van der Waals surface area contributed by atoms with Crippen molar-refractivity contribution < 1.29 is 29.0 Å². The Balaban J connectivity index is 1.22. The molecule has 3 aromatic carbocycles. The SMILES string of the molecule is CC(C)(C)OC(=O)N(CC1CCCCC1)c1ccc(C[C@H](NC(=O)OCC2c3ccccc3-c3ccccc32)C(=O)O)cc1. The van der Waals surface area contributed by atoms with Gasteiger partial charge in [-0.15, -0.1) is 0 Å². The van der Waals surface area contributed by atoms with Gasteiger partial charge < -0.3 is 19.9 Å². The zero-order chi connectivity index (χ0) is 31.3. The average molecular weight is 599 g/mol. The van der Waals surface area contributed by atoms with Crippen LogP contribution in [-0.4, -0.2) is 48.1 Å². The fraction of sp³-hybridized carbons (Fsp3) is 0.417. The lowest BCUT2D eigenvalue weighted by molar-refractivity contribution is -0.139. The van der Waals surface area contributed by atoms with Crippen molar-refractivity contribution in [3.63, 3.8) is 0 Å². The maximum atomic E-state index is 13.2. The van der Waals surface area contributed by atoms with Crippen LogP contribution in [-0.2, 0) is 20.7 Å². The molecule has 44 heavy (non-hydrogen) atoms. The number of amides is 2. The Kier molecular flexibility index (Phi) is 9.57. The maximum absolute atomic E-state index is 13.2. The smallest absolute Gasteiger partial charge is 0.414 e. The standard InChI is InChI=1S/C36H42N2O6/c1-36(2,3)44-35(42)38(22-25-11-5-4-6-12-25)26-19-17-24(18-20-26)21-32(33(39)40)37-34(41)43-23-31-29-15-9-7-13-27(29)28-14-8-10-16-30(28)31/h7-10,13-20,25,31-32H,4-6,11-12,21-23H2,1-3H3,(H,37,41)(H,39,40)/t32-/m0/s1. The van der Waals surface area contributed by atoms with Gasteiger partial charge in [0.15, 0.2) is 0 Å². The molecule has 1 saturated carbocycles. The molecule has 0 heterocycles. The van der Waals surface area contributed by atoms with Gasteiger partial charge in [0.2, 0.25) is 0 Å². The van der Waals surface area contributed by atoms with E-state index in [4.69, 9.17) is 9.47 Å². The van der Waals surface area contributed by atoms with E-state index < -0.39 is 29.8 Å². The predicted octanol–water partition coefficient (Wildman–Crippen LogP) is 7.54. The van der Waals surface area contributed by atoms with Crippen LogP contribution in [0.4, 0.5) is 15.3 Å². The zero-order valence-electron chi connectivity index (χ0n) is 25.8. The Labute approximate surface area is 259 Å². The van der Waals surface area contributed by atoms with Gasteiger partial charge in [0.25, 0.3) is 0 Å². The molecule has 0 bridgehead atoms. The van der Waals surface area contributed by atoms with Crippen molar-refractivity contribution in [3.05, 3.63) is 89.5 Å². The van der Waals surface area contributed by atoms with Crippen LogP contribution in [0.2, 0.25) is 0 Å². The highest BCUT2D eigenvalue weighted by Gasteiger charge is 2.30. The summed E-state index contributed by atoms with van der Waals surface area (Å²) in [5.41, 5.74) is 5.19. The molecule has 1 atom stereocenters. The van der Waals surface area contributed by atoms with Crippen molar-refractivity contribution in [2.45, 2.75) is 76.9 Å². The van der Waals surface area contributed by atoms with Gasteiger partial charge in [0.1, 0.15) is 18.2 Å². The number of benzene rings is 3. The van der Waals surface area contributed by atoms with E-state index in [0.29, 0.717) is 23.7 Å². The minimum atomic E-state index is -1.18. The molecule has 0 spiro atoms. The third-order valence-corrected chi connectivity index (χ3v) is 8.40. The molecule has 3 aromatic rings. The van der Waals surface area contributed by atoms with Gasteiger partial charge in [-0.25, -0.2) is 14.4 Å². The normalized spacial score (nSPS) is 15.5. The Morgan fingerprint density at radius 2 is 1.48 bits per heavy atom. The van der Waals surface area contributed by atoms with E-state index in [1.807, 2.05) is 69.3 Å². The Morgan fingerprint density at radius 3 is 2.05 bits per heavy atom. The third-order valence-electron chi connectivity index (χ3n) is 8.40. The highest BCUT2D eigenvalue weighted by Crippen LogP contribution is 2.44. The molecule has 2 N–H and O–H groups in total. The van der Waals surface area contributed by atoms with Gasteiger partial charge in [-0.1, -0.05) is 79.9 Å². The first-order valence-corrected chi connectivity index (χ1v) is 15.5. The monoisotopic (exact) mass is 598 g/mol. The molecule has 2 amide bonds. The molecule has 0 aromatic heterocycles. The lowest BCUT2D eigenvalue weighted by Gasteiger charge is -2.32. The number of aliphatic carboxylic acids is 1. The van der Waals surface area contributed by atoms with Crippen LogP contribution in [0.3, 0.4) is 0 Å². The number of anilines is 1. The largest absolute Gasteiger partial charge is 0.480 e. The number of carbonyl (C=O) groups excluding carboxylic acids is 2. The number of rotatable bonds is 9. The Morgan fingerprint density at radius 1 is 0.886 bits per heavy atom. The van der Waals surface area contributed by atoms with E-state index in [0.717, 1.165) is 35.1 Å². The van der Waals surface area contributed by atoms with Crippen molar-refractivity contribution in [2.75, 3.05) is 18.1 Å². The van der Waals surface area contributed by atoms with Gasteiger partial charge in [0.05, 0.1) is 0 Å². The van der Waals surface area contributed by atoms with Gasteiger partial charge in [-0.2, -0.15) is 0 Å². The number of fused-ring (bicyclic) bond motifs is 3. The second-order valence-electron chi connectivity index (χ2n) is 12.8. The number of ether oxygens (including phenoxy) is 2. The molecule has 2 aliphatic carbocycles. The minimum Gasteiger partial charge on any atom is -0.480 e. The van der Waals surface area contributed by atoms with Crippen LogP contribution in [0.25, 0.3) is 11.1 Å². The van der Waals surface area contributed by atoms with Gasteiger partial charge >= 0.3 is 18.2 Å². The third kappa shape index (κ3) is 7.59. The molecule has 232 valence electrons. The molecular formula is C36H42N2O6. The summed E-state index contributed by atoms with van der Waals surface area (Å²) in [7, 11) is 0. The zero-order valence-corrected chi connectivity index (χ0v) is 25.8. The van der Waals surface area contributed by atoms with Crippen LogP contribution in [0.1, 0.15) is 75.5 Å². The minimum absolute atomic E-state index is 0.0644. The Bertz CT molecular complexity index is 1430. The molecule has 1 fully saturated rings. The van der Waals surface area contributed by atoms with Crippen LogP contribution in [0.15, 0.2) is 72.8 Å². The number of hydrogen-bond donors (Lipinski definition) is 2. The molecule has 8 heteroatoms. The van der Waals surface area contributed by atoms with Crippen LogP contribution in [0.5, 0.6) is 0 Å². The van der Waals surface area contributed by atoms with Crippen molar-refractivity contribution in [1.29, 1.82) is 0 Å². The highest BCUT2D eigenvalue weighted by molar-refractivity contribution is 5.88. The molecule has 5 rings (SSSR count). The van der Waals surface area contributed by atoms with E-state index in [2.05, 4.69) is 17.4 Å². The molecule has 0 saturated heterocycles. The first-order valence-electron chi connectivity index (χ1n) is 15.5. The average Bonchev–Trinajstić information content (AvgIpc) is 3.32. The van der Waals surface area contributed by atoms with E-state index in [1.165, 1.54) is 19.3 Å². The van der Waals surface area contributed by atoms with Crippen LogP contribution >= 0.6 is 0 Å². The summed E-state index contributed by atoms with van der Waals surface area (Å²) in [5, 5.41) is 12.4. The Hall–Kier alpha value is -4.33. The van der Waals surface area contributed by atoms with E-state index >= 15 is 0 Å². The molecule has 2 aliphatic rings. The summed E-state index contributed by atoms with van der Waals surface area (Å²) in [6.07, 6.45) is 4.62. The number of nitrogens with zero attached hydrogens (tertiary/aromatic N) is 1. The predicted molar refractivity (Wildman–Crippen MR) is 170 cm³/mol. The van der Waals surface area contributed by atoms with Crippen molar-refractivity contribution in [2.24, 2.45) is 5.92 Å². The highest BCUT2D eigenvalue weighted by atomic mass is 16.6. The summed E-state index contributed by atoms with van der Waals surface area (Å²) < 4.78 is 11.3. The van der Waals surface area contributed by atoms with Crippen LogP contribution in [0, 0.1) is 5.92 Å². The summed E-state index contributed by atoms with van der Waals surface area (Å²) in [6.45, 7) is 6.23. The molecular weight excluding hydrogens is 556 g/mol. The summed E-state index contributed by atoms with van der Waals surface area (Å²) in [6, 6.07) is 22.1. The first kappa shape index (κ1) is 31.1. The molecule has 0 unspecified atom stereocenters. The van der Waals surface area contributed by atoms with Crippen molar-refractivity contribution in [1.82, 2.24) is 5.32 Å². The van der Waals surface area contributed by atoms with E-state index in [-0.39, 0.29) is 18.9 Å². The lowest BCUT2D eigenvalue weighted by atomic mass is 9.89. The fourth-order valence-electron chi connectivity index (χ4n) is 6.26. The quantitative estimate of drug-likeness (QED) is 0.264. The first-order chi connectivity index (χ1) is 21.1. The number of hydrogen-bond acceptors (Lipinski definition) is 5. The topological polar surface area (TPSA) is 105 Å². The van der Waals surface area contributed by atoms with Crippen LogP contribution < -0.4 is 10.2 Å². The summed E-state index contributed by atoms with van der Waals surface area (Å²) in [5.74, 6) is -0.866. The second-order valence-corrected chi connectivity index (χ2v) is 12.8. The molecule has 0 radical (unpaired) electrons. The lowest BCUT2D eigenvalue weighted by Crippen LogP contribution is -2.43. The summed E-state index contributed by atoms with van der Waals surface area (Å²) in [4.78, 5) is 39.8. The van der Waals surface area contributed by atoms with Gasteiger partial charge in [-0.05, 0) is 79.5 Å². The number of carboxylic acid groups (broad SMARTS) is 1. The number of nitrogens with one attached hydrogen (secondary N) is 1. The van der Waals surface area contributed by atoms with E-state index in [1.54, 1.807) is 17.0 Å². The number of alkyl carbamates (subject to hydrolysis) is 1. The number of carbonyl (C=O) groups is 3. The van der Waals surface area contributed by atoms with Crippen molar-refractivity contribution >= 4 is 23.8 Å². The number of carboxylic acids is 1. The van der Waals surface area contributed by atoms with Gasteiger partial charge in [-0.3, -0.25) is 4.90 Å². The van der Waals surface area contributed by atoms with Gasteiger partial charge in [0, 0.05) is 24.6 Å². The molecule has 0 aliphatic heterocycles. The fourth-order valence-corrected chi connectivity index (χ4v) is 6.26. The molecule has 8 nitrogen and oxygen atoms in total. The summed E-state index contributed by atoms with van der Waals surface area (Å²) >= 11 is 0. The van der Waals surface area contributed by atoms with Crippen molar-refractivity contribution in [3.8, 4) is 11.1 Å². The second kappa shape index (κ2) is 13.5. The maximum Gasteiger partial charge on any atom is 0.414 e. The van der Waals surface area contributed by atoms with E-state index in [9.17, 15) is 19.5 Å².